The highest BCUT2D eigenvalue weighted by atomic mass is 32.2. The van der Waals surface area contributed by atoms with Gasteiger partial charge in [0, 0.05) is 12.2 Å². The first-order chi connectivity index (χ1) is 11.0. The molecule has 0 atom stereocenters. The van der Waals surface area contributed by atoms with E-state index in [1.54, 1.807) is 30.3 Å². The van der Waals surface area contributed by atoms with Gasteiger partial charge in [0.2, 0.25) is 0 Å². The predicted octanol–water partition coefficient (Wildman–Crippen LogP) is 3.39. The molecule has 0 bridgehead atoms. The number of hydrogen-bond donors (Lipinski definition) is 1. The van der Waals surface area contributed by atoms with Crippen LogP contribution in [0.5, 0.6) is 0 Å². The monoisotopic (exact) mass is 330 g/mol. The van der Waals surface area contributed by atoms with Crippen molar-refractivity contribution in [3.8, 4) is 0 Å². The zero-order chi connectivity index (χ0) is 16.3. The Morgan fingerprint density at radius 1 is 1.04 bits per heavy atom. The molecule has 0 aromatic heterocycles. The van der Waals surface area contributed by atoms with Crippen LogP contribution in [0.3, 0.4) is 0 Å². The lowest BCUT2D eigenvalue weighted by Gasteiger charge is -2.15. The molecule has 2 aromatic rings. The summed E-state index contributed by atoms with van der Waals surface area (Å²) in [7, 11) is -3.54. The third-order valence-corrected chi connectivity index (χ3v) is 5.51. The number of nitrogens with one attached hydrogen (secondary N) is 1. The minimum Gasteiger partial charge on any atom is -0.299 e. The number of sulfonamides is 1. The normalized spacial score (nSPS) is 15.7. The number of likely N-dealkylation sites (tertiary alicyclic amines) is 1. The van der Waals surface area contributed by atoms with Gasteiger partial charge in [-0.1, -0.05) is 29.8 Å². The van der Waals surface area contributed by atoms with E-state index in [0.29, 0.717) is 5.69 Å². The standard InChI is InChI=1S/C18H22N2O2S/c1-15-7-9-18(10-8-15)23(21,22)19-17-6-4-5-16(13-17)14-20-11-2-3-12-20/h4-10,13,19H,2-3,11-12,14H2,1H3. The summed E-state index contributed by atoms with van der Waals surface area (Å²) in [5.74, 6) is 0. The first-order valence-corrected chi connectivity index (χ1v) is 9.42. The zero-order valence-corrected chi connectivity index (χ0v) is 14.1. The molecule has 4 nitrogen and oxygen atoms in total. The van der Waals surface area contributed by atoms with E-state index >= 15 is 0 Å². The molecule has 1 aliphatic rings. The fraction of sp³-hybridized carbons (Fsp3) is 0.333. The van der Waals surface area contributed by atoms with Crippen molar-refractivity contribution >= 4 is 15.7 Å². The van der Waals surface area contributed by atoms with Gasteiger partial charge in [0.15, 0.2) is 0 Å². The topological polar surface area (TPSA) is 49.4 Å². The number of nitrogens with zero attached hydrogens (tertiary/aromatic N) is 1. The van der Waals surface area contributed by atoms with Crippen molar-refractivity contribution < 1.29 is 8.42 Å². The third kappa shape index (κ3) is 4.12. The molecule has 0 aliphatic carbocycles. The second kappa shape index (κ2) is 6.72. The fourth-order valence-corrected chi connectivity index (χ4v) is 3.91. The van der Waals surface area contributed by atoms with Gasteiger partial charge < -0.3 is 0 Å². The van der Waals surface area contributed by atoms with Gasteiger partial charge in [-0.3, -0.25) is 9.62 Å². The fourth-order valence-electron chi connectivity index (χ4n) is 2.86. The van der Waals surface area contributed by atoms with E-state index in [0.717, 1.165) is 30.8 Å². The Balaban J connectivity index is 1.75. The highest BCUT2D eigenvalue weighted by Gasteiger charge is 2.15. The van der Waals surface area contributed by atoms with Gasteiger partial charge in [0.25, 0.3) is 10.0 Å². The molecule has 23 heavy (non-hydrogen) atoms. The van der Waals surface area contributed by atoms with Crippen LogP contribution in [0.4, 0.5) is 5.69 Å². The van der Waals surface area contributed by atoms with Gasteiger partial charge in [-0.2, -0.15) is 0 Å². The first-order valence-electron chi connectivity index (χ1n) is 7.94. The van der Waals surface area contributed by atoms with Crippen LogP contribution in [-0.2, 0) is 16.6 Å². The molecule has 0 unspecified atom stereocenters. The van der Waals surface area contributed by atoms with E-state index in [1.807, 2.05) is 25.1 Å². The van der Waals surface area contributed by atoms with Crippen molar-refractivity contribution in [3.05, 3.63) is 59.7 Å². The van der Waals surface area contributed by atoms with Gasteiger partial charge in [-0.25, -0.2) is 8.42 Å². The lowest BCUT2D eigenvalue weighted by molar-refractivity contribution is 0.331. The van der Waals surface area contributed by atoms with Crippen molar-refractivity contribution in [2.75, 3.05) is 17.8 Å². The van der Waals surface area contributed by atoms with Crippen molar-refractivity contribution in [2.45, 2.75) is 31.2 Å². The summed E-state index contributed by atoms with van der Waals surface area (Å²) in [4.78, 5) is 2.68. The van der Waals surface area contributed by atoms with Gasteiger partial charge in [-0.05, 0) is 62.7 Å². The summed E-state index contributed by atoms with van der Waals surface area (Å²) in [6.45, 7) is 5.06. The van der Waals surface area contributed by atoms with E-state index in [4.69, 9.17) is 0 Å². The SMILES string of the molecule is Cc1ccc(S(=O)(=O)Nc2cccc(CN3CCCC3)c2)cc1. The van der Waals surface area contributed by atoms with Crippen molar-refractivity contribution in [1.82, 2.24) is 4.90 Å². The summed E-state index contributed by atoms with van der Waals surface area (Å²) < 4.78 is 27.6. The van der Waals surface area contributed by atoms with Crippen LogP contribution in [0.2, 0.25) is 0 Å². The maximum atomic E-state index is 12.4. The molecule has 0 radical (unpaired) electrons. The Bertz CT molecular complexity index is 764. The lowest BCUT2D eigenvalue weighted by atomic mass is 10.2. The Morgan fingerprint density at radius 3 is 2.43 bits per heavy atom. The van der Waals surface area contributed by atoms with Gasteiger partial charge in [0.1, 0.15) is 0 Å². The molecule has 122 valence electrons. The average molecular weight is 330 g/mol. The molecule has 5 heteroatoms. The van der Waals surface area contributed by atoms with Gasteiger partial charge in [-0.15, -0.1) is 0 Å². The Hall–Kier alpha value is -1.85. The Morgan fingerprint density at radius 2 is 1.74 bits per heavy atom. The summed E-state index contributed by atoms with van der Waals surface area (Å²) in [5.41, 5.74) is 2.79. The molecular weight excluding hydrogens is 308 g/mol. The molecule has 1 saturated heterocycles. The van der Waals surface area contributed by atoms with Crippen LogP contribution in [-0.4, -0.2) is 26.4 Å². The first kappa shape index (κ1) is 16.0. The van der Waals surface area contributed by atoms with Gasteiger partial charge in [0.05, 0.1) is 4.90 Å². The van der Waals surface area contributed by atoms with Crippen LogP contribution in [0.1, 0.15) is 24.0 Å². The Labute approximate surface area is 138 Å². The molecule has 0 spiro atoms. The zero-order valence-electron chi connectivity index (χ0n) is 13.3. The molecule has 0 amide bonds. The van der Waals surface area contributed by atoms with E-state index < -0.39 is 10.0 Å². The maximum Gasteiger partial charge on any atom is 0.261 e. The second-order valence-corrected chi connectivity index (χ2v) is 7.78. The second-order valence-electron chi connectivity index (χ2n) is 6.10. The molecule has 0 saturated carbocycles. The molecule has 1 fully saturated rings. The van der Waals surface area contributed by atoms with Crippen LogP contribution in [0.15, 0.2) is 53.4 Å². The van der Waals surface area contributed by atoms with Crippen LogP contribution < -0.4 is 4.72 Å². The quantitative estimate of drug-likeness (QED) is 0.914. The van der Waals surface area contributed by atoms with Crippen molar-refractivity contribution in [1.29, 1.82) is 0 Å². The number of anilines is 1. The minimum atomic E-state index is -3.54. The van der Waals surface area contributed by atoms with Crippen molar-refractivity contribution in [3.63, 3.8) is 0 Å². The molecule has 3 rings (SSSR count). The minimum absolute atomic E-state index is 0.285. The van der Waals surface area contributed by atoms with Crippen molar-refractivity contribution in [2.24, 2.45) is 0 Å². The summed E-state index contributed by atoms with van der Waals surface area (Å²) in [6, 6.07) is 14.5. The number of benzene rings is 2. The molecule has 1 aliphatic heterocycles. The Kier molecular flexibility index (Phi) is 4.68. The largest absolute Gasteiger partial charge is 0.299 e. The average Bonchev–Trinajstić information content (AvgIpc) is 3.00. The molecule has 2 aromatic carbocycles. The third-order valence-electron chi connectivity index (χ3n) is 4.12. The number of hydrogen-bond acceptors (Lipinski definition) is 3. The van der Waals surface area contributed by atoms with Crippen LogP contribution >= 0.6 is 0 Å². The lowest BCUT2D eigenvalue weighted by Crippen LogP contribution is -2.18. The number of aryl methyl sites for hydroxylation is 1. The highest BCUT2D eigenvalue weighted by Crippen LogP contribution is 2.19. The molecular formula is C18H22N2O2S. The summed E-state index contributed by atoms with van der Waals surface area (Å²) in [6.07, 6.45) is 2.50. The maximum absolute atomic E-state index is 12.4. The smallest absolute Gasteiger partial charge is 0.261 e. The molecule has 1 heterocycles. The predicted molar refractivity (Wildman–Crippen MR) is 92.9 cm³/mol. The van der Waals surface area contributed by atoms with E-state index in [1.165, 1.54) is 12.8 Å². The van der Waals surface area contributed by atoms with Crippen LogP contribution in [0, 0.1) is 6.92 Å². The summed E-state index contributed by atoms with van der Waals surface area (Å²) in [5, 5.41) is 0. The van der Waals surface area contributed by atoms with Crippen LogP contribution in [0.25, 0.3) is 0 Å². The summed E-state index contributed by atoms with van der Waals surface area (Å²) >= 11 is 0. The highest BCUT2D eigenvalue weighted by molar-refractivity contribution is 7.92. The van der Waals surface area contributed by atoms with Gasteiger partial charge >= 0.3 is 0 Å². The molecule has 1 N–H and O–H groups in total. The van der Waals surface area contributed by atoms with E-state index in [-0.39, 0.29) is 4.90 Å². The van der Waals surface area contributed by atoms with E-state index in [9.17, 15) is 8.42 Å². The van der Waals surface area contributed by atoms with E-state index in [2.05, 4.69) is 9.62 Å². The number of rotatable bonds is 5.